The van der Waals surface area contributed by atoms with E-state index in [1.807, 2.05) is 0 Å². The van der Waals surface area contributed by atoms with Gasteiger partial charge in [-0.1, -0.05) is 9.05 Å². The van der Waals surface area contributed by atoms with Crippen molar-refractivity contribution in [1.82, 2.24) is 0 Å². The minimum absolute atomic E-state index is 0. The van der Waals surface area contributed by atoms with E-state index in [9.17, 15) is 9.05 Å². The number of aliphatic carboxylic acids is 2. The second-order valence-electron chi connectivity index (χ2n) is 1.08. The van der Waals surface area contributed by atoms with E-state index in [0.717, 1.165) is 0 Å². The molecule has 11 heteroatoms. The molecule has 0 unspecified atom stereocenters. The zero-order valence-electron chi connectivity index (χ0n) is 6.27. The predicted molar refractivity (Wildman–Crippen MR) is 25.0 cm³/mol. The molecule has 13 heavy (non-hydrogen) atoms. The number of hydrogen-bond donors (Lipinski definition) is 2. The van der Waals surface area contributed by atoms with E-state index in [1.165, 1.54) is 0 Å². The van der Waals surface area contributed by atoms with Crippen molar-refractivity contribution in [3.8, 4) is 0 Å². The summed E-state index contributed by atoms with van der Waals surface area (Å²) in [4.78, 5) is 22.7. The smallest absolute Gasteiger partial charge is 0.539 e. The number of carbonyl (C=O) groups excluding carboxylic acids is 1. The average Bonchev–Trinajstić information content (AvgIpc) is 2.04. The van der Waals surface area contributed by atoms with Gasteiger partial charge in [0.25, 0.3) is 0 Å². The minimum Gasteiger partial charge on any atom is -0.539 e. The van der Waals surface area contributed by atoms with Crippen LogP contribution in [0.15, 0.2) is 0 Å². The molecule has 0 heterocycles. The second-order valence-corrected chi connectivity index (χ2v) is 1.08. The molecule has 0 saturated heterocycles. The van der Waals surface area contributed by atoms with Crippen LogP contribution in [0.3, 0.4) is 0 Å². The van der Waals surface area contributed by atoms with E-state index >= 15 is 0 Å². The van der Waals surface area contributed by atoms with E-state index in [2.05, 4.69) is 9.72 Å². The third-order valence-corrected chi connectivity index (χ3v) is 0.327. The average molecular weight is 194 g/mol. The van der Waals surface area contributed by atoms with Crippen molar-refractivity contribution in [2.45, 2.75) is 0 Å². The first-order valence-corrected chi connectivity index (χ1v) is 2.12. The molecule has 0 rings (SSSR count). The molecule has 70 valence electrons. The van der Waals surface area contributed by atoms with Gasteiger partial charge in [0.15, 0.2) is 5.97 Å². The maximum absolute atomic E-state index is 10.3. The van der Waals surface area contributed by atoms with Crippen molar-refractivity contribution in [2.75, 3.05) is 0 Å². The van der Waals surface area contributed by atoms with Gasteiger partial charge in [-0.2, -0.15) is 9.72 Å². The first kappa shape index (κ1) is 18.2. The molecular weight excluding hydrogens is 192 g/mol. The van der Waals surface area contributed by atoms with Crippen LogP contribution in [0.5, 0.6) is 0 Å². The molecule has 0 atom stereocenters. The van der Waals surface area contributed by atoms with Crippen molar-refractivity contribution < 1.29 is 62.5 Å². The molecule has 0 aromatic rings. The quantitative estimate of drug-likeness (QED) is 0.332. The number of carbonyl (C=O) groups is 2. The summed E-state index contributed by atoms with van der Waals surface area (Å²) in [6.45, 7) is 0. The van der Waals surface area contributed by atoms with Crippen molar-refractivity contribution >= 4 is 19.3 Å². The summed E-state index contributed by atoms with van der Waals surface area (Å²) in [6, 6.07) is 0. The molecule has 0 radical (unpaired) electrons. The summed E-state index contributed by atoms with van der Waals surface area (Å²) in [5.74, 6) is -4.01. The first-order chi connectivity index (χ1) is 5.45. The molecule has 0 fully saturated rings. The third kappa shape index (κ3) is 18.4. The molecule has 0 aromatic heterocycles. The summed E-state index contributed by atoms with van der Waals surface area (Å²) in [6.07, 6.45) is 0. The van der Waals surface area contributed by atoms with Gasteiger partial charge < -0.3 is 20.0 Å². The number of hydrogen-bond acceptors (Lipinski definition) is 6. The summed E-state index contributed by atoms with van der Waals surface area (Å²) >= 11 is 0. The van der Waals surface area contributed by atoms with Crippen molar-refractivity contribution in [3.63, 3.8) is 0 Å². The van der Waals surface area contributed by atoms with Gasteiger partial charge in [0.05, 0.1) is 0 Å². The largest absolute Gasteiger partial charge is 1.00 e. The summed E-state index contributed by atoms with van der Waals surface area (Å²) in [5, 5.41) is 23.8. The molecule has 0 aromatic carbocycles. The zero-order valence-corrected chi connectivity index (χ0v) is 6.27. The van der Waals surface area contributed by atoms with Crippen molar-refractivity contribution in [1.29, 1.82) is 0 Å². The van der Waals surface area contributed by atoms with Gasteiger partial charge in [-0.3, -0.25) is 0 Å². The van der Waals surface area contributed by atoms with Gasteiger partial charge in [0.2, 0.25) is 0 Å². The normalized spacial score (nSPS) is 7.31. The van der Waals surface area contributed by atoms with Gasteiger partial charge in [-0.15, -0.1) is 0 Å². The molecular formula is C2H2BF2LiO7. The number of rotatable bonds is 2. The van der Waals surface area contributed by atoms with E-state index < -0.39 is 19.3 Å². The molecule has 0 amide bonds. The maximum Gasteiger partial charge on any atom is 1.00 e. The van der Waals surface area contributed by atoms with Crippen LogP contribution in [-0.4, -0.2) is 29.4 Å². The Balaban J connectivity index is -0.000000143. The summed E-state index contributed by atoms with van der Waals surface area (Å²) in [5.41, 5.74) is 0. The van der Waals surface area contributed by atoms with Gasteiger partial charge in [-0.05, 0) is 0 Å². The van der Waals surface area contributed by atoms with E-state index in [-0.39, 0.29) is 18.9 Å². The fourth-order valence-electron chi connectivity index (χ4n) is 0.0137. The molecule has 0 saturated carbocycles. The van der Waals surface area contributed by atoms with E-state index in [1.54, 1.807) is 0 Å². The second kappa shape index (κ2) is 11.3. The van der Waals surface area contributed by atoms with Crippen LogP contribution in [0.4, 0.5) is 9.05 Å². The molecule has 0 bridgehead atoms. The van der Waals surface area contributed by atoms with Crippen LogP contribution in [-0.2, 0) is 19.3 Å². The molecule has 0 spiro atoms. The summed E-state index contributed by atoms with van der Waals surface area (Å²) in [7, 11) is -2.40. The maximum atomic E-state index is 10.3. The Labute approximate surface area is 82.4 Å². The molecule has 0 aliphatic heterocycles. The Morgan fingerprint density at radius 2 is 1.54 bits per heavy atom. The van der Waals surface area contributed by atoms with Crippen LogP contribution in [0.25, 0.3) is 0 Å². The predicted octanol–water partition coefficient (Wildman–Crippen LogP) is -5.41. The van der Waals surface area contributed by atoms with Crippen molar-refractivity contribution in [3.05, 3.63) is 0 Å². The Morgan fingerprint density at radius 1 is 1.31 bits per heavy atom. The fourth-order valence-corrected chi connectivity index (χ4v) is 0.0137. The van der Waals surface area contributed by atoms with Gasteiger partial charge >= 0.3 is 32.2 Å². The Morgan fingerprint density at radius 3 is 1.54 bits per heavy atom. The van der Waals surface area contributed by atoms with Gasteiger partial charge in [0, 0.05) is 0 Å². The van der Waals surface area contributed by atoms with Gasteiger partial charge in [0.1, 0.15) is 0 Å². The fraction of sp³-hybridized carbons (Fsp3) is 0. The number of carboxylic acid groups (broad SMARTS) is 2. The number of carboxylic acids is 2. The minimum atomic E-state index is -2.40. The standard InChI is InChI=1S/C2H2O4.BF2HO3.Li/c3-1(4)2(5)6;2-5-1(4)6-3;/h(H,3,4)(H,5,6);4H;/q;;+1/p-1. The Kier molecular flexibility index (Phi) is 15.9. The molecule has 7 nitrogen and oxygen atoms in total. The van der Waals surface area contributed by atoms with Crippen LogP contribution < -0.4 is 24.0 Å². The zero-order chi connectivity index (χ0) is 10.1. The molecule has 0 aliphatic carbocycles. The topological polar surface area (TPSA) is 116 Å². The van der Waals surface area contributed by atoms with E-state index in [0.29, 0.717) is 0 Å². The number of halogens is 2. The van der Waals surface area contributed by atoms with Crippen LogP contribution in [0, 0.1) is 0 Å². The van der Waals surface area contributed by atoms with Crippen LogP contribution in [0.2, 0.25) is 0 Å². The van der Waals surface area contributed by atoms with Crippen molar-refractivity contribution in [2.24, 2.45) is 0 Å². The SMILES string of the molecule is O=C([O-])C(=O)O.OB(OF)OF.[Li+]. The molecule has 0 aliphatic rings. The Hall–Kier alpha value is -0.658. The monoisotopic (exact) mass is 194 g/mol. The van der Waals surface area contributed by atoms with Crippen LogP contribution in [0.1, 0.15) is 0 Å². The Bertz CT molecular complexity index is 139. The third-order valence-electron chi connectivity index (χ3n) is 0.327. The summed E-state index contributed by atoms with van der Waals surface area (Å²) < 4.78 is 20.5. The van der Waals surface area contributed by atoms with E-state index in [4.69, 9.17) is 24.8 Å². The van der Waals surface area contributed by atoms with Gasteiger partial charge in [-0.25, -0.2) is 4.79 Å². The first-order valence-electron chi connectivity index (χ1n) is 2.12. The molecule has 2 N–H and O–H groups in total. The van der Waals surface area contributed by atoms with Crippen LogP contribution >= 0.6 is 0 Å².